The van der Waals surface area contributed by atoms with Crippen LogP contribution in [0.3, 0.4) is 0 Å². The average molecular weight is 504 g/mol. The largest absolute Gasteiger partial charge is 0.494 e. The highest BCUT2D eigenvalue weighted by molar-refractivity contribution is 6.30. The average Bonchev–Trinajstić information content (AvgIpc) is 3.39. The van der Waals surface area contributed by atoms with Crippen LogP contribution >= 0.6 is 11.6 Å². The first-order chi connectivity index (χ1) is 16.9. The van der Waals surface area contributed by atoms with Crippen LogP contribution in [-0.2, 0) is 11.8 Å². The molecule has 3 aromatic heterocycles. The molecule has 1 fully saturated rings. The maximum absolute atomic E-state index is 14.0. The molecular formula is C23H24ClF2N7O2. The number of imidazole rings is 1. The summed E-state index contributed by atoms with van der Waals surface area (Å²) in [7, 11) is 3.29. The van der Waals surface area contributed by atoms with Crippen LogP contribution in [0.15, 0.2) is 24.3 Å². The first kappa shape index (κ1) is 23.4. The number of nitrogens with one attached hydrogen (secondary N) is 1. The molecule has 0 saturated carbocycles. The number of methoxy groups -OCH3 is 1. The third-order valence-electron chi connectivity index (χ3n) is 5.91. The molecule has 0 aliphatic carbocycles. The Balaban J connectivity index is 1.64. The number of anilines is 2. The number of hydrogen-bond donors (Lipinski definition) is 1. The van der Waals surface area contributed by atoms with Gasteiger partial charge in [-0.3, -0.25) is 4.57 Å². The van der Waals surface area contributed by atoms with Gasteiger partial charge in [-0.1, -0.05) is 17.7 Å². The topological polar surface area (TPSA) is 91.9 Å². The Morgan fingerprint density at radius 2 is 2.03 bits per heavy atom. The van der Waals surface area contributed by atoms with Gasteiger partial charge < -0.3 is 14.8 Å². The fourth-order valence-corrected chi connectivity index (χ4v) is 4.64. The van der Waals surface area contributed by atoms with Crippen LogP contribution in [0.25, 0.3) is 22.4 Å². The molecule has 0 spiro atoms. The predicted molar refractivity (Wildman–Crippen MR) is 127 cm³/mol. The summed E-state index contributed by atoms with van der Waals surface area (Å²) in [6.07, 6.45) is -1.04. The number of nitrogens with zero attached hydrogens (tertiary/aromatic N) is 6. The highest BCUT2D eigenvalue weighted by Crippen LogP contribution is 2.40. The molecule has 0 radical (unpaired) electrons. The van der Waals surface area contributed by atoms with Crippen LogP contribution in [0, 0.1) is 6.92 Å². The second-order valence-corrected chi connectivity index (χ2v) is 8.65. The molecule has 1 N–H and O–H groups in total. The fraction of sp³-hybridized carbons (Fsp3) is 0.391. The van der Waals surface area contributed by atoms with Crippen molar-refractivity contribution in [3.63, 3.8) is 0 Å². The molecule has 184 valence electrons. The highest BCUT2D eigenvalue weighted by atomic mass is 35.5. The summed E-state index contributed by atoms with van der Waals surface area (Å²) in [4.78, 5) is 10.1. The zero-order valence-electron chi connectivity index (χ0n) is 19.4. The van der Waals surface area contributed by atoms with E-state index >= 15 is 0 Å². The molecule has 1 aliphatic rings. The lowest BCUT2D eigenvalue weighted by Gasteiger charge is -2.25. The zero-order valence-corrected chi connectivity index (χ0v) is 20.2. The van der Waals surface area contributed by atoms with Crippen LogP contribution < -0.4 is 10.1 Å². The number of pyridine rings is 1. The van der Waals surface area contributed by atoms with Crippen molar-refractivity contribution < 1.29 is 18.3 Å². The number of ether oxygens (including phenoxy) is 2. The number of alkyl halides is 2. The maximum Gasteiger partial charge on any atom is 0.295 e. The minimum absolute atomic E-state index is 0.137. The van der Waals surface area contributed by atoms with E-state index in [9.17, 15) is 8.78 Å². The van der Waals surface area contributed by atoms with Gasteiger partial charge in [0.15, 0.2) is 17.2 Å². The Labute approximate surface area is 205 Å². The van der Waals surface area contributed by atoms with Crippen molar-refractivity contribution in [1.29, 1.82) is 0 Å². The molecular weight excluding hydrogens is 480 g/mol. The Morgan fingerprint density at radius 3 is 2.69 bits per heavy atom. The summed E-state index contributed by atoms with van der Waals surface area (Å²) in [6.45, 7) is 2.35. The maximum atomic E-state index is 14.0. The first-order valence-corrected chi connectivity index (χ1v) is 11.6. The van der Waals surface area contributed by atoms with E-state index in [1.54, 1.807) is 20.2 Å². The van der Waals surface area contributed by atoms with Gasteiger partial charge in [0, 0.05) is 25.3 Å². The van der Waals surface area contributed by atoms with Gasteiger partial charge >= 0.3 is 0 Å². The lowest BCUT2D eigenvalue weighted by atomic mass is 10.1. The van der Waals surface area contributed by atoms with Crippen LogP contribution in [0.1, 0.15) is 43.4 Å². The van der Waals surface area contributed by atoms with Crippen molar-refractivity contribution in [3.05, 3.63) is 40.9 Å². The third-order valence-corrected chi connectivity index (χ3v) is 6.10. The molecule has 1 aromatic carbocycles. The van der Waals surface area contributed by atoms with Crippen molar-refractivity contribution in [3.8, 4) is 17.0 Å². The van der Waals surface area contributed by atoms with Gasteiger partial charge in [0.05, 0.1) is 24.2 Å². The van der Waals surface area contributed by atoms with Gasteiger partial charge in [-0.25, -0.2) is 18.7 Å². The number of halogens is 3. The molecule has 4 heterocycles. The van der Waals surface area contributed by atoms with Crippen LogP contribution in [0.4, 0.5) is 20.2 Å². The van der Waals surface area contributed by atoms with Crippen molar-refractivity contribution in [2.45, 2.75) is 38.8 Å². The van der Waals surface area contributed by atoms with Gasteiger partial charge in [-0.2, -0.15) is 15.0 Å². The number of aryl methyl sites for hydroxylation is 2. The van der Waals surface area contributed by atoms with E-state index in [1.807, 2.05) is 25.1 Å². The Morgan fingerprint density at radius 1 is 1.20 bits per heavy atom. The minimum atomic E-state index is -2.81. The number of fused-ring (bicyclic) bond motifs is 1. The lowest BCUT2D eigenvalue weighted by molar-refractivity contribution is -0.0363. The summed E-state index contributed by atoms with van der Waals surface area (Å²) < 4.78 is 40.9. The molecule has 5 rings (SSSR count). The number of aromatic nitrogens is 6. The summed E-state index contributed by atoms with van der Waals surface area (Å²) in [5.41, 5.74) is 3.65. The molecule has 1 unspecified atom stereocenters. The Bertz CT molecular complexity index is 1380. The quantitative estimate of drug-likeness (QED) is 0.343. The van der Waals surface area contributed by atoms with Gasteiger partial charge in [0.25, 0.3) is 6.43 Å². The highest BCUT2D eigenvalue weighted by Gasteiger charge is 2.29. The predicted octanol–water partition coefficient (Wildman–Crippen LogP) is 5.58. The second kappa shape index (κ2) is 9.38. The summed E-state index contributed by atoms with van der Waals surface area (Å²) in [6, 6.07) is 7.08. The van der Waals surface area contributed by atoms with Gasteiger partial charge in [-0.05, 0) is 38.3 Å². The SMILES string of the molecule is COc1c(Nc2cc(Cl)nc3c2nc(C(F)F)n3C2CCCCO2)cccc1-c1nn(C)nc1C. The molecule has 1 saturated heterocycles. The van der Waals surface area contributed by atoms with E-state index in [0.29, 0.717) is 35.8 Å². The monoisotopic (exact) mass is 503 g/mol. The summed E-state index contributed by atoms with van der Waals surface area (Å²) in [5, 5.41) is 12.1. The molecule has 35 heavy (non-hydrogen) atoms. The van der Waals surface area contributed by atoms with E-state index in [-0.39, 0.29) is 16.3 Å². The zero-order chi connectivity index (χ0) is 24.7. The van der Waals surface area contributed by atoms with E-state index in [0.717, 1.165) is 24.1 Å². The minimum Gasteiger partial charge on any atom is -0.494 e. The van der Waals surface area contributed by atoms with E-state index < -0.39 is 18.5 Å². The molecule has 9 nitrogen and oxygen atoms in total. The van der Waals surface area contributed by atoms with Gasteiger partial charge in [-0.15, -0.1) is 0 Å². The standard InChI is InChI=1S/C23H24ClF2N7O2/c1-12-18(31-32(2)30-12)13-7-6-8-14(20(13)34-3)27-15-11-16(24)28-22-19(15)29-23(21(25)26)33(22)17-9-4-5-10-35-17/h6-8,11,17,21H,4-5,9-10H2,1-3H3,(H,27,28). The van der Waals surface area contributed by atoms with Gasteiger partial charge in [0.2, 0.25) is 0 Å². The van der Waals surface area contributed by atoms with Crippen LogP contribution in [0.5, 0.6) is 5.75 Å². The van der Waals surface area contributed by atoms with E-state index in [4.69, 9.17) is 21.1 Å². The Kier molecular flexibility index (Phi) is 6.28. The molecule has 4 aromatic rings. The number of para-hydroxylation sites is 1. The number of hydrogen-bond acceptors (Lipinski definition) is 7. The molecule has 0 bridgehead atoms. The Hall–Kier alpha value is -3.31. The number of rotatable bonds is 6. The van der Waals surface area contributed by atoms with Crippen LogP contribution in [-0.4, -0.2) is 43.2 Å². The third kappa shape index (κ3) is 4.30. The lowest BCUT2D eigenvalue weighted by Crippen LogP contribution is -2.20. The summed E-state index contributed by atoms with van der Waals surface area (Å²) in [5.74, 6) is 0.113. The fourth-order valence-electron chi connectivity index (χ4n) is 4.45. The van der Waals surface area contributed by atoms with E-state index in [1.165, 1.54) is 9.36 Å². The van der Waals surface area contributed by atoms with Crippen molar-refractivity contribution >= 4 is 34.1 Å². The second-order valence-electron chi connectivity index (χ2n) is 8.26. The molecule has 1 atom stereocenters. The molecule has 0 amide bonds. The molecule has 12 heteroatoms. The first-order valence-electron chi connectivity index (χ1n) is 11.2. The normalized spacial score (nSPS) is 16.3. The molecule has 1 aliphatic heterocycles. The van der Waals surface area contributed by atoms with Crippen molar-refractivity contribution in [2.24, 2.45) is 7.05 Å². The van der Waals surface area contributed by atoms with Crippen molar-refractivity contribution in [1.82, 2.24) is 29.5 Å². The van der Waals surface area contributed by atoms with Crippen LogP contribution in [0.2, 0.25) is 5.15 Å². The summed E-state index contributed by atoms with van der Waals surface area (Å²) >= 11 is 6.34. The van der Waals surface area contributed by atoms with Gasteiger partial charge in [0.1, 0.15) is 22.6 Å². The van der Waals surface area contributed by atoms with E-state index in [2.05, 4.69) is 25.5 Å². The smallest absolute Gasteiger partial charge is 0.295 e. The van der Waals surface area contributed by atoms with Crippen molar-refractivity contribution in [2.75, 3.05) is 19.0 Å². The number of benzene rings is 1.